The molecule has 2 heterocycles. The van der Waals surface area contributed by atoms with Gasteiger partial charge in [-0.25, -0.2) is 4.79 Å². The minimum atomic E-state index is -0.591. The minimum absolute atomic E-state index is 0.144. The first kappa shape index (κ1) is 17.6. The molecule has 1 amide bonds. The maximum absolute atomic E-state index is 12.5. The van der Waals surface area contributed by atoms with Gasteiger partial charge in [-0.05, 0) is 31.1 Å². The average molecular weight is 365 g/mol. The monoisotopic (exact) mass is 365 g/mol. The molecule has 0 N–H and O–H groups in total. The van der Waals surface area contributed by atoms with Crippen molar-refractivity contribution in [1.82, 2.24) is 4.90 Å². The van der Waals surface area contributed by atoms with Gasteiger partial charge in [0.25, 0.3) is 5.91 Å². The van der Waals surface area contributed by atoms with Gasteiger partial charge in [0.05, 0.1) is 0 Å². The highest BCUT2D eigenvalue weighted by Gasteiger charge is 2.24. The summed E-state index contributed by atoms with van der Waals surface area (Å²) in [6.07, 6.45) is 2.13. The van der Waals surface area contributed by atoms with Crippen molar-refractivity contribution >= 4 is 33.6 Å². The SMILES string of the molecule is Cc1c(C(=O)OCC(=O)N2CCCC(C)C2)oc2c1ccc1ccccc12. The van der Waals surface area contributed by atoms with Gasteiger partial charge < -0.3 is 14.1 Å². The van der Waals surface area contributed by atoms with Crippen LogP contribution in [0.25, 0.3) is 21.7 Å². The summed E-state index contributed by atoms with van der Waals surface area (Å²) in [6, 6.07) is 11.8. The quantitative estimate of drug-likeness (QED) is 0.649. The van der Waals surface area contributed by atoms with E-state index in [1.54, 1.807) is 4.90 Å². The fourth-order valence-electron chi connectivity index (χ4n) is 3.84. The van der Waals surface area contributed by atoms with E-state index in [2.05, 4.69) is 6.92 Å². The van der Waals surface area contributed by atoms with E-state index in [9.17, 15) is 9.59 Å². The zero-order valence-corrected chi connectivity index (χ0v) is 15.7. The number of piperidine rings is 1. The third kappa shape index (κ3) is 3.29. The second-order valence-electron chi connectivity index (χ2n) is 7.38. The van der Waals surface area contributed by atoms with Crippen molar-refractivity contribution in [1.29, 1.82) is 0 Å². The lowest BCUT2D eigenvalue weighted by Crippen LogP contribution is -2.41. The minimum Gasteiger partial charge on any atom is -0.450 e. The molecule has 0 spiro atoms. The highest BCUT2D eigenvalue weighted by Crippen LogP contribution is 2.32. The van der Waals surface area contributed by atoms with Crippen molar-refractivity contribution in [3.8, 4) is 0 Å². The molecule has 2 aromatic carbocycles. The van der Waals surface area contributed by atoms with E-state index in [0.717, 1.165) is 47.7 Å². The van der Waals surface area contributed by atoms with Crippen molar-refractivity contribution in [3.63, 3.8) is 0 Å². The highest BCUT2D eigenvalue weighted by atomic mass is 16.5. The van der Waals surface area contributed by atoms with Gasteiger partial charge >= 0.3 is 5.97 Å². The largest absolute Gasteiger partial charge is 0.450 e. The third-order valence-electron chi connectivity index (χ3n) is 5.35. The Hall–Kier alpha value is -2.82. The smallest absolute Gasteiger partial charge is 0.375 e. The molecule has 1 fully saturated rings. The molecule has 5 heteroatoms. The number of nitrogens with zero attached hydrogens (tertiary/aromatic N) is 1. The Morgan fingerprint density at radius 2 is 2.00 bits per heavy atom. The van der Waals surface area contributed by atoms with Crippen LogP contribution in [0.1, 0.15) is 35.9 Å². The number of amides is 1. The predicted octanol–water partition coefficient (Wildman–Crippen LogP) is 4.31. The molecule has 1 atom stereocenters. The standard InChI is InChI=1S/C22H23NO4/c1-14-6-5-11-23(12-14)19(24)13-26-22(25)20-15(2)17-10-9-16-7-3-4-8-18(16)21(17)27-20/h3-4,7-10,14H,5-6,11-13H2,1-2H3. The summed E-state index contributed by atoms with van der Waals surface area (Å²) in [4.78, 5) is 26.6. The number of hydrogen-bond donors (Lipinski definition) is 0. The Morgan fingerprint density at radius 3 is 2.81 bits per heavy atom. The maximum Gasteiger partial charge on any atom is 0.375 e. The predicted molar refractivity (Wildman–Crippen MR) is 104 cm³/mol. The van der Waals surface area contributed by atoms with E-state index in [1.807, 2.05) is 43.3 Å². The Bertz CT molecular complexity index is 1020. The summed E-state index contributed by atoms with van der Waals surface area (Å²) in [5, 5.41) is 2.89. The van der Waals surface area contributed by atoms with Crippen molar-refractivity contribution in [2.45, 2.75) is 26.7 Å². The second kappa shape index (κ2) is 7.06. The molecule has 140 valence electrons. The van der Waals surface area contributed by atoms with Gasteiger partial charge in [-0.15, -0.1) is 0 Å². The van der Waals surface area contributed by atoms with Gasteiger partial charge in [-0.3, -0.25) is 4.79 Å². The van der Waals surface area contributed by atoms with Crippen LogP contribution in [-0.2, 0) is 9.53 Å². The van der Waals surface area contributed by atoms with Gasteiger partial charge in [0, 0.05) is 29.4 Å². The number of carbonyl (C=O) groups excluding carboxylic acids is 2. The third-order valence-corrected chi connectivity index (χ3v) is 5.35. The van der Waals surface area contributed by atoms with Crippen LogP contribution in [-0.4, -0.2) is 36.5 Å². The van der Waals surface area contributed by atoms with Crippen LogP contribution in [0.2, 0.25) is 0 Å². The number of hydrogen-bond acceptors (Lipinski definition) is 4. The molecule has 27 heavy (non-hydrogen) atoms. The lowest BCUT2D eigenvalue weighted by molar-refractivity contribution is -0.136. The molecule has 1 saturated heterocycles. The van der Waals surface area contributed by atoms with Crippen molar-refractivity contribution in [3.05, 3.63) is 47.7 Å². The first-order chi connectivity index (χ1) is 13.0. The van der Waals surface area contributed by atoms with Crippen LogP contribution in [0, 0.1) is 12.8 Å². The fraction of sp³-hybridized carbons (Fsp3) is 0.364. The zero-order chi connectivity index (χ0) is 19.0. The van der Waals surface area contributed by atoms with Gasteiger partial charge in [0.2, 0.25) is 5.76 Å². The summed E-state index contributed by atoms with van der Waals surface area (Å²) in [5.41, 5.74) is 1.41. The molecule has 0 bridgehead atoms. The molecular formula is C22H23NO4. The molecule has 4 rings (SSSR count). The van der Waals surface area contributed by atoms with Crippen molar-refractivity contribution in [2.24, 2.45) is 5.92 Å². The second-order valence-corrected chi connectivity index (χ2v) is 7.38. The number of furan rings is 1. The van der Waals surface area contributed by atoms with Crippen LogP contribution in [0.3, 0.4) is 0 Å². The van der Waals surface area contributed by atoms with Gasteiger partial charge in [-0.1, -0.05) is 43.3 Å². The average Bonchev–Trinajstić information content (AvgIpc) is 3.03. The van der Waals surface area contributed by atoms with E-state index < -0.39 is 5.97 Å². The molecule has 0 radical (unpaired) electrons. The van der Waals surface area contributed by atoms with Gasteiger partial charge in [0.15, 0.2) is 6.61 Å². The van der Waals surface area contributed by atoms with Crippen LogP contribution < -0.4 is 0 Å². The molecule has 5 nitrogen and oxygen atoms in total. The first-order valence-electron chi connectivity index (χ1n) is 9.40. The lowest BCUT2D eigenvalue weighted by atomic mass is 10.0. The van der Waals surface area contributed by atoms with E-state index in [4.69, 9.17) is 9.15 Å². The zero-order valence-electron chi connectivity index (χ0n) is 15.7. The number of esters is 1. The van der Waals surface area contributed by atoms with Crippen LogP contribution >= 0.6 is 0 Å². The Kier molecular flexibility index (Phi) is 4.60. The van der Waals surface area contributed by atoms with Gasteiger partial charge in [0.1, 0.15) is 5.58 Å². The molecule has 1 unspecified atom stereocenters. The number of likely N-dealkylation sites (tertiary alicyclic amines) is 1. The van der Waals surface area contributed by atoms with Crippen LogP contribution in [0.4, 0.5) is 0 Å². The Balaban J connectivity index is 1.53. The van der Waals surface area contributed by atoms with E-state index in [0.29, 0.717) is 11.5 Å². The summed E-state index contributed by atoms with van der Waals surface area (Å²) in [6.45, 7) is 5.18. The normalized spacial score (nSPS) is 17.4. The summed E-state index contributed by atoms with van der Waals surface area (Å²) in [5.74, 6) is -0.0780. The fourth-order valence-corrected chi connectivity index (χ4v) is 3.84. The van der Waals surface area contributed by atoms with Gasteiger partial charge in [-0.2, -0.15) is 0 Å². The van der Waals surface area contributed by atoms with Crippen LogP contribution in [0.5, 0.6) is 0 Å². The molecule has 3 aromatic rings. The lowest BCUT2D eigenvalue weighted by Gasteiger charge is -2.30. The number of fused-ring (bicyclic) bond motifs is 3. The first-order valence-corrected chi connectivity index (χ1v) is 9.40. The Morgan fingerprint density at radius 1 is 1.19 bits per heavy atom. The number of rotatable bonds is 3. The summed E-state index contributed by atoms with van der Waals surface area (Å²) in [7, 11) is 0. The number of ether oxygens (including phenoxy) is 1. The summed E-state index contributed by atoms with van der Waals surface area (Å²) < 4.78 is 11.1. The van der Waals surface area contributed by atoms with E-state index >= 15 is 0 Å². The number of aryl methyl sites for hydroxylation is 1. The number of benzene rings is 2. The molecule has 1 aliphatic heterocycles. The molecule has 1 aliphatic rings. The van der Waals surface area contributed by atoms with E-state index in [1.165, 1.54) is 0 Å². The Labute approximate surface area is 157 Å². The molecular weight excluding hydrogens is 342 g/mol. The molecule has 0 aliphatic carbocycles. The highest BCUT2D eigenvalue weighted by molar-refractivity contribution is 6.08. The van der Waals surface area contributed by atoms with Crippen molar-refractivity contribution < 1.29 is 18.7 Å². The molecule has 1 aromatic heterocycles. The van der Waals surface area contributed by atoms with Crippen LogP contribution in [0.15, 0.2) is 40.8 Å². The number of carbonyl (C=O) groups is 2. The summed E-state index contributed by atoms with van der Waals surface area (Å²) >= 11 is 0. The van der Waals surface area contributed by atoms with Crippen molar-refractivity contribution in [2.75, 3.05) is 19.7 Å². The van der Waals surface area contributed by atoms with E-state index in [-0.39, 0.29) is 18.3 Å². The maximum atomic E-state index is 12.5. The molecule has 0 saturated carbocycles. The topological polar surface area (TPSA) is 59.8 Å².